The molecule has 0 radical (unpaired) electrons. The monoisotopic (exact) mass is 335 g/mol. The summed E-state index contributed by atoms with van der Waals surface area (Å²) in [4.78, 5) is 13.9. The van der Waals surface area contributed by atoms with E-state index < -0.39 is 9.05 Å². The topological polar surface area (TPSA) is 54.5 Å². The van der Waals surface area contributed by atoms with Crippen molar-refractivity contribution >= 4 is 37.2 Å². The van der Waals surface area contributed by atoms with Crippen molar-refractivity contribution in [3.8, 4) is 0 Å². The molecule has 1 fully saturated rings. The van der Waals surface area contributed by atoms with E-state index in [0.29, 0.717) is 18.0 Å². The number of carbonyl (C=O) groups is 1. The molecule has 0 atom stereocenters. The van der Waals surface area contributed by atoms with Crippen molar-refractivity contribution in [2.75, 3.05) is 13.6 Å². The van der Waals surface area contributed by atoms with Crippen LogP contribution in [0.5, 0.6) is 0 Å². The molecule has 110 valence electrons. The summed E-state index contributed by atoms with van der Waals surface area (Å²) in [6, 6.07) is 2.74. The third-order valence-corrected chi connectivity index (χ3v) is 5.06. The molecule has 0 heterocycles. The zero-order valence-electron chi connectivity index (χ0n) is 11.2. The lowest BCUT2D eigenvalue weighted by molar-refractivity contribution is 0.0787. The second-order valence-electron chi connectivity index (χ2n) is 5.14. The first-order valence-electron chi connectivity index (χ1n) is 6.20. The van der Waals surface area contributed by atoms with Gasteiger partial charge >= 0.3 is 0 Å². The number of halogens is 2. The van der Waals surface area contributed by atoms with Crippen molar-refractivity contribution < 1.29 is 13.2 Å². The Hall–Kier alpha value is -0.780. The van der Waals surface area contributed by atoms with E-state index in [-0.39, 0.29) is 21.4 Å². The predicted molar refractivity (Wildman–Crippen MR) is 78.9 cm³/mol. The van der Waals surface area contributed by atoms with Gasteiger partial charge in [0.1, 0.15) is 0 Å². The molecule has 1 aliphatic rings. The van der Waals surface area contributed by atoms with E-state index in [2.05, 4.69) is 0 Å². The van der Waals surface area contributed by atoms with Gasteiger partial charge in [0.15, 0.2) is 0 Å². The van der Waals surface area contributed by atoms with E-state index >= 15 is 0 Å². The van der Waals surface area contributed by atoms with Crippen molar-refractivity contribution in [3.63, 3.8) is 0 Å². The molecule has 1 saturated carbocycles. The van der Waals surface area contributed by atoms with Crippen LogP contribution in [0.3, 0.4) is 0 Å². The van der Waals surface area contributed by atoms with Crippen molar-refractivity contribution in [2.45, 2.75) is 24.7 Å². The Morgan fingerprint density at radius 3 is 2.50 bits per heavy atom. The third kappa shape index (κ3) is 3.45. The summed E-state index contributed by atoms with van der Waals surface area (Å²) in [7, 11) is 3.15. The SMILES string of the molecule is Cc1c(C(=O)N(C)CC2CC2)cc(Cl)cc1S(=O)(=O)Cl. The molecular formula is C13H15Cl2NO3S. The molecule has 7 heteroatoms. The van der Waals surface area contributed by atoms with Crippen LogP contribution in [0.25, 0.3) is 0 Å². The normalized spacial score (nSPS) is 15.2. The number of hydrogen-bond donors (Lipinski definition) is 0. The van der Waals surface area contributed by atoms with Gasteiger partial charge in [0.25, 0.3) is 15.0 Å². The van der Waals surface area contributed by atoms with E-state index in [1.54, 1.807) is 18.9 Å². The van der Waals surface area contributed by atoms with Crippen molar-refractivity contribution in [1.82, 2.24) is 4.90 Å². The van der Waals surface area contributed by atoms with E-state index in [9.17, 15) is 13.2 Å². The molecule has 0 N–H and O–H groups in total. The molecule has 0 bridgehead atoms. The molecule has 0 saturated heterocycles. The van der Waals surface area contributed by atoms with Crippen LogP contribution in [0.1, 0.15) is 28.8 Å². The van der Waals surface area contributed by atoms with Gasteiger partial charge in [0.2, 0.25) is 0 Å². The molecule has 1 aromatic rings. The third-order valence-electron chi connectivity index (χ3n) is 3.39. The van der Waals surface area contributed by atoms with Gasteiger partial charge in [-0.2, -0.15) is 0 Å². The molecule has 1 aliphatic carbocycles. The summed E-state index contributed by atoms with van der Waals surface area (Å²) < 4.78 is 23.0. The maximum absolute atomic E-state index is 12.4. The molecule has 1 amide bonds. The van der Waals surface area contributed by atoms with E-state index in [1.807, 2.05) is 0 Å². The number of rotatable bonds is 4. The molecule has 0 aliphatic heterocycles. The standard InChI is InChI=1S/C13H15Cl2NO3S/c1-8-11(13(17)16(2)7-9-3-4-9)5-10(14)6-12(8)20(15,18)19/h5-6,9H,3-4,7H2,1-2H3. The first-order valence-corrected chi connectivity index (χ1v) is 8.89. The lowest BCUT2D eigenvalue weighted by atomic mass is 10.1. The molecule has 0 aromatic heterocycles. The summed E-state index contributed by atoms with van der Waals surface area (Å²) in [5.74, 6) is 0.318. The summed E-state index contributed by atoms with van der Waals surface area (Å²) in [5.41, 5.74) is 0.608. The van der Waals surface area contributed by atoms with Gasteiger partial charge in [0, 0.05) is 34.9 Å². The van der Waals surface area contributed by atoms with Crippen LogP contribution in [0.4, 0.5) is 0 Å². The minimum absolute atomic E-state index is 0.116. The highest BCUT2D eigenvalue weighted by Gasteiger charge is 2.27. The highest BCUT2D eigenvalue weighted by molar-refractivity contribution is 8.13. The molecule has 2 rings (SSSR count). The predicted octanol–water partition coefficient (Wildman–Crippen LogP) is 3.06. The van der Waals surface area contributed by atoms with Gasteiger partial charge in [0.05, 0.1) is 4.90 Å². The highest BCUT2D eigenvalue weighted by atomic mass is 35.7. The minimum Gasteiger partial charge on any atom is -0.341 e. The smallest absolute Gasteiger partial charge is 0.261 e. The van der Waals surface area contributed by atoms with Gasteiger partial charge in [-0.15, -0.1) is 0 Å². The lowest BCUT2D eigenvalue weighted by Gasteiger charge is -2.19. The number of benzene rings is 1. The molecule has 4 nitrogen and oxygen atoms in total. The van der Waals surface area contributed by atoms with Crippen LogP contribution >= 0.6 is 22.3 Å². The quantitative estimate of drug-likeness (QED) is 0.794. The first-order chi connectivity index (χ1) is 9.20. The highest BCUT2D eigenvalue weighted by Crippen LogP contribution is 2.31. The average Bonchev–Trinajstić information content (AvgIpc) is 3.13. The summed E-state index contributed by atoms with van der Waals surface area (Å²) in [6.07, 6.45) is 2.26. The van der Waals surface area contributed by atoms with Crippen LogP contribution in [-0.4, -0.2) is 32.8 Å². The Labute approximate surface area is 128 Å². The van der Waals surface area contributed by atoms with Gasteiger partial charge in [-0.05, 0) is 43.4 Å². The largest absolute Gasteiger partial charge is 0.341 e. The summed E-state index contributed by atoms with van der Waals surface area (Å²) in [6.45, 7) is 2.23. The van der Waals surface area contributed by atoms with E-state index in [4.69, 9.17) is 22.3 Å². The van der Waals surface area contributed by atoms with Crippen LogP contribution in [0, 0.1) is 12.8 Å². The van der Waals surface area contributed by atoms with Crippen LogP contribution in [-0.2, 0) is 9.05 Å². The van der Waals surface area contributed by atoms with Gasteiger partial charge < -0.3 is 4.90 Å². The van der Waals surface area contributed by atoms with Crippen molar-refractivity contribution in [1.29, 1.82) is 0 Å². The van der Waals surface area contributed by atoms with Crippen molar-refractivity contribution in [2.24, 2.45) is 5.92 Å². The minimum atomic E-state index is -3.93. The van der Waals surface area contributed by atoms with Gasteiger partial charge in [-0.3, -0.25) is 4.79 Å². The van der Waals surface area contributed by atoms with Gasteiger partial charge in [-0.25, -0.2) is 8.42 Å². The zero-order chi connectivity index (χ0) is 15.1. The van der Waals surface area contributed by atoms with Crippen LogP contribution < -0.4 is 0 Å². The number of amides is 1. The maximum atomic E-state index is 12.4. The zero-order valence-corrected chi connectivity index (χ0v) is 13.5. The fourth-order valence-electron chi connectivity index (χ4n) is 2.11. The number of carbonyl (C=O) groups excluding carboxylic acids is 1. The Kier molecular flexibility index (Phi) is 4.33. The molecule has 1 aromatic carbocycles. The number of hydrogen-bond acceptors (Lipinski definition) is 3. The first kappa shape index (κ1) is 15.6. The van der Waals surface area contributed by atoms with Crippen molar-refractivity contribution in [3.05, 3.63) is 28.3 Å². The Bertz CT molecular complexity index is 654. The van der Waals surface area contributed by atoms with Crippen LogP contribution in [0.2, 0.25) is 5.02 Å². The van der Waals surface area contributed by atoms with Crippen LogP contribution in [0.15, 0.2) is 17.0 Å². The Morgan fingerprint density at radius 2 is 2.00 bits per heavy atom. The number of nitrogens with zero attached hydrogens (tertiary/aromatic N) is 1. The summed E-state index contributed by atoms with van der Waals surface area (Å²) in [5, 5.41) is 0.179. The maximum Gasteiger partial charge on any atom is 0.261 e. The summed E-state index contributed by atoms with van der Waals surface area (Å²) >= 11 is 5.90. The Morgan fingerprint density at radius 1 is 1.40 bits per heavy atom. The second kappa shape index (κ2) is 5.54. The molecule has 0 unspecified atom stereocenters. The second-order valence-corrected chi connectivity index (χ2v) is 8.11. The fraction of sp³-hybridized carbons (Fsp3) is 0.462. The fourth-order valence-corrected chi connectivity index (χ4v) is 3.61. The van der Waals surface area contributed by atoms with Gasteiger partial charge in [-0.1, -0.05) is 11.6 Å². The average molecular weight is 336 g/mol. The molecule has 0 spiro atoms. The molecule has 20 heavy (non-hydrogen) atoms. The Balaban J connectivity index is 2.40. The lowest BCUT2D eigenvalue weighted by Crippen LogP contribution is -2.29. The molecular weight excluding hydrogens is 321 g/mol. The van der Waals surface area contributed by atoms with E-state index in [0.717, 1.165) is 12.8 Å². The van der Waals surface area contributed by atoms with E-state index in [1.165, 1.54) is 12.1 Å².